The number of esters is 1. The third-order valence-corrected chi connectivity index (χ3v) is 5.11. The summed E-state index contributed by atoms with van der Waals surface area (Å²) in [5, 5.41) is 17.5. The van der Waals surface area contributed by atoms with E-state index in [2.05, 4.69) is 5.32 Å². The van der Waals surface area contributed by atoms with Gasteiger partial charge in [0.15, 0.2) is 6.61 Å². The Morgan fingerprint density at radius 1 is 1.29 bits per heavy atom. The number of imide groups is 1. The fourth-order valence-corrected chi connectivity index (χ4v) is 3.28. The third kappa shape index (κ3) is 6.35. The molecule has 2 N–H and O–H groups in total. The van der Waals surface area contributed by atoms with Gasteiger partial charge in [-0.25, -0.2) is 9.59 Å². The molecule has 1 aromatic heterocycles. The molecular formula is C17H17N3O6S2. The van der Waals surface area contributed by atoms with E-state index in [1.54, 1.807) is 17.6 Å². The van der Waals surface area contributed by atoms with Crippen molar-refractivity contribution < 1.29 is 24.0 Å². The Kier molecular flexibility index (Phi) is 7.96. The maximum absolute atomic E-state index is 12.1. The maximum atomic E-state index is 12.1. The van der Waals surface area contributed by atoms with Gasteiger partial charge in [-0.3, -0.25) is 20.2 Å². The summed E-state index contributed by atoms with van der Waals surface area (Å²) in [4.78, 5) is 47.6. The van der Waals surface area contributed by atoms with Crippen LogP contribution in [0.3, 0.4) is 0 Å². The predicted octanol–water partition coefficient (Wildman–Crippen LogP) is 2.60. The van der Waals surface area contributed by atoms with Gasteiger partial charge in [-0.1, -0.05) is 6.07 Å². The predicted molar refractivity (Wildman–Crippen MR) is 105 cm³/mol. The number of thiophene rings is 1. The molecule has 0 spiro atoms. The first-order valence-electron chi connectivity index (χ1n) is 8.00. The summed E-state index contributed by atoms with van der Waals surface area (Å²) < 4.78 is 4.80. The first-order chi connectivity index (χ1) is 13.4. The Morgan fingerprint density at radius 3 is 2.71 bits per heavy atom. The van der Waals surface area contributed by atoms with Gasteiger partial charge >= 0.3 is 12.0 Å². The second-order valence-electron chi connectivity index (χ2n) is 5.35. The summed E-state index contributed by atoms with van der Waals surface area (Å²) in [6.45, 7) is -0.398. The second-order valence-corrected chi connectivity index (χ2v) is 7.26. The molecular weight excluding hydrogens is 406 g/mol. The zero-order chi connectivity index (χ0) is 20.5. The number of urea groups is 1. The SMILES string of the molecule is CSc1ccc([N+](=O)[O-])c(C(=O)OCC(=O)NC(=O)NCCc2cccs2)c1. The first-order valence-corrected chi connectivity index (χ1v) is 10.1. The Balaban J connectivity index is 1.82. The number of benzene rings is 1. The maximum Gasteiger partial charge on any atom is 0.345 e. The third-order valence-electron chi connectivity index (χ3n) is 3.44. The molecule has 0 bridgehead atoms. The van der Waals surface area contributed by atoms with E-state index in [-0.39, 0.29) is 5.56 Å². The minimum absolute atomic E-state index is 0.259. The molecule has 2 rings (SSSR count). The highest BCUT2D eigenvalue weighted by molar-refractivity contribution is 7.98. The Labute approximate surface area is 168 Å². The van der Waals surface area contributed by atoms with Crippen LogP contribution in [0.1, 0.15) is 15.2 Å². The fourth-order valence-electron chi connectivity index (χ4n) is 2.13. The van der Waals surface area contributed by atoms with Gasteiger partial charge in [0.05, 0.1) is 4.92 Å². The molecule has 3 amide bonds. The van der Waals surface area contributed by atoms with E-state index in [1.807, 2.05) is 22.8 Å². The van der Waals surface area contributed by atoms with Crippen molar-refractivity contribution in [2.24, 2.45) is 0 Å². The zero-order valence-electron chi connectivity index (χ0n) is 14.8. The van der Waals surface area contributed by atoms with E-state index < -0.39 is 35.1 Å². The molecule has 0 saturated carbocycles. The standard InChI is InChI=1S/C17H17N3O6S2/c1-27-12-4-5-14(20(24)25)13(9-12)16(22)26-10-15(21)19-17(23)18-7-6-11-3-2-8-28-11/h2-5,8-9H,6-7,10H2,1H3,(H2,18,19,21,23). The number of rotatable bonds is 8. The van der Waals surface area contributed by atoms with Crippen molar-refractivity contribution in [3.05, 3.63) is 56.3 Å². The van der Waals surface area contributed by atoms with Gasteiger partial charge in [-0.05, 0) is 36.3 Å². The van der Waals surface area contributed by atoms with Crippen molar-refractivity contribution in [2.45, 2.75) is 11.3 Å². The summed E-state index contributed by atoms with van der Waals surface area (Å²) in [6, 6.07) is 7.14. The van der Waals surface area contributed by atoms with Crippen LogP contribution in [0.25, 0.3) is 0 Å². The number of ether oxygens (including phenoxy) is 1. The van der Waals surface area contributed by atoms with E-state index in [1.165, 1.54) is 30.0 Å². The number of thioether (sulfide) groups is 1. The van der Waals surface area contributed by atoms with Crippen LogP contribution in [0.4, 0.5) is 10.5 Å². The number of nitro groups is 1. The minimum Gasteiger partial charge on any atom is -0.452 e. The largest absolute Gasteiger partial charge is 0.452 e. The molecule has 9 nitrogen and oxygen atoms in total. The van der Waals surface area contributed by atoms with E-state index in [0.717, 1.165) is 4.88 Å². The molecule has 0 fully saturated rings. The Hall–Kier alpha value is -2.92. The summed E-state index contributed by atoms with van der Waals surface area (Å²) >= 11 is 2.86. The second kappa shape index (κ2) is 10.4. The lowest BCUT2D eigenvalue weighted by molar-refractivity contribution is -0.385. The smallest absolute Gasteiger partial charge is 0.345 e. The highest BCUT2D eigenvalue weighted by Crippen LogP contribution is 2.25. The molecule has 0 atom stereocenters. The highest BCUT2D eigenvalue weighted by Gasteiger charge is 2.23. The normalized spacial score (nSPS) is 10.2. The quantitative estimate of drug-likeness (QED) is 0.289. The van der Waals surface area contributed by atoms with Crippen molar-refractivity contribution >= 4 is 46.7 Å². The number of nitrogens with zero attached hydrogens (tertiary/aromatic N) is 1. The first kappa shape index (κ1) is 21.4. The number of hydrogen-bond acceptors (Lipinski definition) is 8. The summed E-state index contributed by atoms with van der Waals surface area (Å²) in [5.41, 5.74) is -0.681. The summed E-state index contributed by atoms with van der Waals surface area (Å²) in [5.74, 6) is -1.86. The van der Waals surface area contributed by atoms with E-state index in [4.69, 9.17) is 4.74 Å². The Morgan fingerprint density at radius 2 is 2.07 bits per heavy atom. The van der Waals surface area contributed by atoms with Gasteiger partial charge in [0.1, 0.15) is 5.56 Å². The van der Waals surface area contributed by atoms with Crippen LogP contribution in [0.5, 0.6) is 0 Å². The molecule has 0 aliphatic heterocycles. The van der Waals surface area contributed by atoms with Crippen molar-refractivity contribution in [3.63, 3.8) is 0 Å². The molecule has 148 valence electrons. The number of carbonyl (C=O) groups is 3. The highest BCUT2D eigenvalue weighted by atomic mass is 32.2. The van der Waals surface area contributed by atoms with Gasteiger partial charge in [0.25, 0.3) is 11.6 Å². The van der Waals surface area contributed by atoms with Gasteiger partial charge < -0.3 is 10.1 Å². The zero-order valence-corrected chi connectivity index (χ0v) is 16.4. The molecule has 0 saturated heterocycles. The van der Waals surface area contributed by atoms with Crippen LogP contribution in [0, 0.1) is 10.1 Å². The number of nitrogens with one attached hydrogen (secondary N) is 2. The monoisotopic (exact) mass is 423 g/mol. The molecule has 0 aliphatic carbocycles. The molecule has 1 heterocycles. The van der Waals surface area contributed by atoms with Gasteiger partial charge in [-0.2, -0.15) is 0 Å². The van der Waals surface area contributed by atoms with Crippen LogP contribution in [-0.4, -0.2) is 42.2 Å². The molecule has 0 unspecified atom stereocenters. The van der Waals surface area contributed by atoms with Crippen LogP contribution >= 0.6 is 23.1 Å². The molecule has 0 radical (unpaired) electrons. The molecule has 11 heteroatoms. The lowest BCUT2D eigenvalue weighted by Crippen LogP contribution is -2.42. The summed E-state index contributed by atoms with van der Waals surface area (Å²) in [7, 11) is 0. The van der Waals surface area contributed by atoms with Crippen molar-refractivity contribution in [1.82, 2.24) is 10.6 Å². The average Bonchev–Trinajstić information content (AvgIpc) is 3.18. The molecule has 2 aromatic rings. The lowest BCUT2D eigenvalue weighted by Gasteiger charge is -2.08. The molecule has 0 aliphatic rings. The lowest BCUT2D eigenvalue weighted by atomic mass is 10.2. The number of amides is 3. The van der Waals surface area contributed by atoms with Crippen LogP contribution in [0.15, 0.2) is 40.6 Å². The topological polar surface area (TPSA) is 128 Å². The van der Waals surface area contributed by atoms with Crippen LogP contribution in [0.2, 0.25) is 0 Å². The van der Waals surface area contributed by atoms with Crippen molar-refractivity contribution in [2.75, 3.05) is 19.4 Å². The number of hydrogen-bond donors (Lipinski definition) is 2. The van der Waals surface area contributed by atoms with E-state index in [0.29, 0.717) is 17.9 Å². The average molecular weight is 423 g/mol. The van der Waals surface area contributed by atoms with Crippen LogP contribution < -0.4 is 10.6 Å². The molecule has 1 aromatic carbocycles. The van der Waals surface area contributed by atoms with Gasteiger partial charge in [0, 0.05) is 22.4 Å². The number of nitro benzene ring substituents is 1. The fraction of sp³-hybridized carbons (Fsp3) is 0.235. The van der Waals surface area contributed by atoms with E-state index >= 15 is 0 Å². The Bertz CT molecular complexity index is 870. The van der Waals surface area contributed by atoms with Crippen LogP contribution in [-0.2, 0) is 16.0 Å². The van der Waals surface area contributed by atoms with Gasteiger partial charge in [0.2, 0.25) is 0 Å². The minimum atomic E-state index is -1.02. The van der Waals surface area contributed by atoms with E-state index in [9.17, 15) is 24.5 Å². The van der Waals surface area contributed by atoms with Gasteiger partial charge in [-0.15, -0.1) is 23.1 Å². The van der Waals surface area contributed by atoms with Crippen molar-refractivity contribution in [3.8, 4) is 0 Å². The summed E-state index contributed by atoms with van der Waals surface area (Å²) in [6.07, 6.45) is 2.38. The molecule has 28 heavy (non-hydrogen) atoms. The number of carbonyl (C=O) groups excluding carboxylic acids is 3. The van der Waals surface area contributed by atoms with Crippen molar-refractivity contribution in [1.29, 1.82) is 0 Å².